The van der Waals surface area contributed by atoms with Crippen molar-refractivity contribution < 1.29 is 0 Å². The zero-order chi connectivity index (χ0) is 13.9. The second-order valence-electron chi connectivity index (χ2n) is 4.72. The number of allylic oxidation sites excluding steroid dienone is 2. The van der Waals surface area contributed by atoms with Crippen LogP contribution in [0.4, 0.5) is 0 Å². The number of halogens is 1. The molecule has 0 bridgehead atoms. The van der Waals surface area contributed by atoms with Gasteiger partial charge in [-0.2, -0.15) is 0 Å². The van der Waals surface area contributed by atoms with Crippen LogP contribution in [-0.4, -0.2) is 0 Å². The summed E-state index contributed by atoms with van der Waals surface area (Å²) >= 11 is 3.56. The fourth-order valence-corrected chi connectivity index (χ4v) is 2.34. The molecule has 0 spiro atoms. The Kier molecular flexibility index (Phi) is 8.29. The molecular formula is C18H23Br. The minimum Gasteiger partial charge on any atom is -0.121 e. The monoisotopic (exact) mass is 318 g/mol. The predicted molar refractivity (Wildman–Crippen MR) is 89.2 cm³/mol. The van der Waals surface area contributed by atoms with Gasteiger partial charge in [-0.3, -0.25) is 0 Å². The van der Waals surface area contributed by atoms with Crippen LogP contribution < -0.4 is 0 Å². The molecule has 0 nitrogen and oxygen atoms in total. The first-order chi connectivity index (χ1) is 9.27. The fourth-order valence-electron chi connectivity index (χ4n) is 1.94. The molecule has 0 radical (unpaired) electrons. The van der Waals surface area contributed by atoms with Gasteiger partial charge in [0.25, 0.3) is 0 Å². The van der Waals surface area contributed by atoms with E-state index in [9.17, 15) is 0 Å². The highest BCUT2D eigenvalue weighted by Gasteiger charge is 1.96. The second-order valence-corrected chi connectivity index (χ2v) is 5.57. The maximum absolute atomic E-state index is 3.83. The largest absolute Gasteiger partial charge is 0.121 e. The zero-order valence-corrected chi connectivity index (χ0v) is 13.4. The molecule has 1 rings (SSSR count). The van der Waals surface area contributed by atoms with Crippen molar-refractivity contribution in [3.8, 4) is 0 Å². The first-order valence-corrected chi connectivity index (χ1v) is 7.87. The van der Waals surface area contributed by atoms with Gasteiger partial charge in [-0.25, -0.2) is 0 Å². The SMILES string of the molecule is C=CCC(=C=Cc1ccccc1Br)CCCCCC. The topological polar surface area (TPSA) is 0 Å². The van der Waals surface area contributed by atoms with Gasteiger partial charge in [0, 0.05) is 4.47 Å². The summed E-state index contributed by atoms with van der Waals surface area (Å²) in [5, 5.41) is 0. The molecule has 1 aromatic carbocycles. The van der Waals surface area contributed by atoms with Gasteiger partial charge in [-0.1, -0.05) is 66.4 Å². The van der Waals surface area contributed by atoms with Crippen LogP contribution in [0.15, 0.2) is 52.7 Å². The van der Waals surface area contributed by atoms with Crippen LogP contribution in [0, 0.1) is 0 Å². The van der Waals surface area contributed by atoms with Crippen LogP contribution in [0.1, 0.15) is 51.0 Å². The molecule has 0 aliphatic rings. The van der Waals surface area contributed by atoms with Crippen molar-refractivity contribution >= 4 is 22.0 Å². The van der Waals surface area contributed by atoms with Gasteiger partial charge in [0.05, 0.1) is 0 Å². The highest BCUT2D eigenvalue weighted by molar-refractivity contribution is 9.10. The number of hydrogen-bond acceptors (Lipinski definition) is 0. The van der Waals surface area contributed by atoms with Crippen LogP contribution in [0.25, 0.3) is 6.08 Å². The number of benzene rings is 1. The van der Waals surface area contributed by atoms with Gasteiger partial charge in [-0.05, 0) is 42.5 Å². The number of unbranched alkanes of at least 4 members (excludes halogenated alkanes) is 3. The smallest absolute Gasteiger partial charge is 0.0253 e. The van der Waals surface area contributed by atoms with Crippen LogP contribution in [-0.2, 0) is 0 Å². The van der Waals surface area contributed by atoms with Gasteiger partial charge >= 0.3 is 0 Å². The van der Waals surface area contributed by atoms with E-state index >= 15 is 0 Å². The minimum absolute atomic E-state index is 0.938. The lowest BCUT2D eigenvalue weighted by molar-refractivity contribution is 0.661. The predicted octanol–water partition coefficient (Wildman–Crippen LogP) is 6.53. The van der Waals surface area contributed by atoms with Crippen LogP contribution >= 0.6 is 15.9 Å². The molecule has 1 heteroatoms. The Morgan fingerprint density at radius 2 is 2.05 bits per heavy atom. The summed E-state index contributed by atoms with van der Waals surface area (Å²) in [6, 6.07) is 8.23. The maximum Gasteiger partial charge on any atom is 0.0253 e. The molecule has 0 N–H and O–H groups in total. The molecule has 19 heavy (non-hydrogen) atoms. The third kappa shape index (κ3) is 6.61. The number of rotatable bonds is 8. The Morgan fingerprint density at radius 1 is 1.26 bits per heavy atom. The van der Waals surface area contributed by atoms with E-state index in [4.69, 9.17) is 0 Å². The normalized spacial score (nSPS) is 9.79. The first-order valence-electron chi connectivity index (χ1n) is 7.07. The third-order valence-electron chi connectivity index (χ3n) is 3.06. The van der Waals surface area contributed by atoms with E-state index in [1.807, 2.05) is 18.2 Å². The molecule has 0 heterocycles. The minimum atomic E-state index is 0.938. The Hall–Kier alpha value is -1.04. The van der Waals surface area contributed by atoms with Crippen molar-refractivity contribution in [2.24, 2.45) is 0 Å². The molecule has 0 aliphatic heterocycles. The highest BCUT2D eigenvalue weighted by atomic mass is 79.9. The highest BCUT2D eigenvalue weighted by Crippen LogP contribution is 2.18. The summed E-state index contributed by atoms with van der Waals surface area (Å²) < 4.78 is 1.12. The molecule has 0 aromatic heterocycles. The van der Waals surface area contributed by atoms with E-state index < -0.39 is 0 Å². The van der Waals surface area contributed by atoms with E-state index in [-0.39, 0.29) is 0 Å². The van der Waals surface area contributed by atoms with E-state index in [2.05, 4.69) is 53.4 Å². The lowest BCUT2D eigenvalue weighted by Gasteiger charge is -2.02. The Morgan fingerprint density at radius 3 is 2.74 bits per heavy atom. The summed E-state index contributed by atoms with van der Waals surface area (Å²) in [5.74, 6) is 0. The molecule has 1 aromatic rings. The van der Waals surface area contributed by atoms with Gasteiger partial charge in [0.2, 0.25) is 0 Å². The Balaban J connectivity index is 2.71. The van der Waals surface area contributed by atoms with E-state index in [0.717, 1.165) is 17.3 Å². The zero-order valence-electron chi connectivity index (χ0n) is 11.8. The standard InChI is InChI=1S/C18H23Br/c1-3-5-6-7-11-16(10-4-2)14-15-17-12-8-9-13-18(17)19/h4,8-9,12-13,15H,2-3,5-7,10-11H2,1H3. The third-order valence-corrected chi connectivity index (χ3v) is 3.78. The van der Waals surface area contributed by atoms with Crippen LogP contribution in [0.5, 0.6) is 0 Å². The van der Waals surface area contributed by atoms with Crippen molar-refractivity contribution in [1.82, 2.24) is 0 Å². The van der Waals surface area contributed by atoms with E-state index in [0.29, 0.717) is 0 Å². The molecule has 0 fully saturated rings. The first kappa shape index (κ1) is 16.0. The van der Waals surface area contributed by atoms with Crippen LogP contribution in [0.2, 0.25) is 0 Å². The number of hydrogen-bond donors (Lipinski definition) is 0. The molecule has 0 atom stereocenters. The van der Waals surface area contributed by atoms with Gasteiger partial charge in [0.15, 0.2) is 0 Å². The lowest BCUT2D eigenvalue weighted by Crippen LogP contribution is -1.82. The van der Waals surface area contributed by atoms with Crippen molar-refractivity contribution in [3.05, 3.63) is 58.3 Å². The Labute approximate surface area is 126 Å². The van der Waals surface area contributed by atoms with Crippen molar-refractivity contribution in [2.75, 3.05) is 0 Å². The molecule has 102 valence electrons. The Bertz CT molecular complexity index is 451. The molecule has 0 saturated heterocycles. The summed E-state index contributed by atoms with van der Waals surface area (Å²) in [4.78, 5) is 0. The van der Waals surface area contributed by atoms with Crippen molar-refractivity contribution in [3.63, 3.8) is 0 Å². The van der Waals surface area contributed by atoms with E-state index in [1.54, 1.807) is 0 Å². The molecule has 0 amide bonds. The summed E-state index contributed by atoms with van der Waals surface area (Å²) in [6.07, 6.45) is 11.3. The summed E-state index contributed by atoms with van der Waals surface area (Å²) in [7, 11) is 0. The maximum atomic E-state index is 3.83. The quantitative estimate of drug-likeness (QED) is 0.290. The van der Waals surface area contributed by atoms with Gasteiger partial charge < -0.3 is 0 Å². The molecule has 0 aliphatic carbocycles. The van der Waals surface area contributed by atoms with Crippen molar-refractivity contribution in [2.45, 2.75) is 45.4 Å². The molecule has 0 saturated carbocycles. The fraction of sp³-hybridized carbons (Fsp3) is 0.389. The van der Waals surface area contributed by atoms with E-state index in [1.165, 1.54) is 36.8 Å². The second kappa shape index (κ2) is 9.83. The lowest BCUT2D eigenvalue weighted by atomic mass is 10.0. The molecular weight excluding hydrogens is 296 g/mol. The van der Waals surface area contributed by atoms with Crippen molar-refractivity contribution in [1.29, 1.82) is 0 Å². The van der Waals surface area contributed by atoms with Gasteiger partial charge in [0.1, 0.15) is 0 Å². The molecule has 0 unspecified atom stereocenters. The summed E-state index contributed by atoms with van der Waals surface area (Å²) in [5.41, 5.74) is 5.97. The average molecular weight is 319 g/mol. The summed E-state index contributed by atoms with van der Waals surface area (Å²) in [6.45, 7) is 6.08. The van der Waals surface area contributed by atoms with Crippen LogP contribution in [0.3, 0.4) is 0 Å². The van der Waals surface area contributed by atoms with Gasteiger partial charge in [-0.15, -0.1) is 12.3 Å². The average Bonchev–Trinajstić information content (AvgIpc) is 2.42.